The molecule has 3 aliphatic rings. The zero-order valence-electron chi connectivity index (χ0n) is 8.28. The molecule has 0 aromatic heterocycles. The molecule has 13 heavy (non-hydrogen) atoms. The monoisotopic (exact) mass is 178 g/mol. The van der Waals surface area contributed by atoms with Crippen LogP contribution in [-0.2, 0) is 4.79 Å². The summed E-state index contributed by atoms with van der Waals surface area (Å²) in [5, 5.41) is 0. The Balaban J connectivity index is 1.91. The molecule has 0 N–H and O–H groups in total. The lowest BCUT2D eigenvalue weighted by Gasteiger charge is -2.33. The minimum atomic E-state index is 0.421. The maximum absolute atomic E-state index is 11.0. The second-order valence-electron chi connectivity index (χ2n) is 5.39. The van der Waals surface area contributed by atoms with E-state index in [2.05, 4.69) is 6.92 Å². The fourth-order valence-electron chi connectivity index (χ4n) is 4.69. The first kappa shape index (κ1) is 8.02. The lowest BCUT2D eigenvalue weighted by atomic mass is 9.71. The minimum Gasteiger partial charge on any atom is -0.303 e. The highest BCUT2D eigenvalue weighted by Crippen LogP contribution is 2.62. The average molecular weight is 178 g/mol. The van der Waals surface area contributed by atoms with Gasteiger partial charge >= 0.3 is 0 Å². The zero-order chi connectivity index (χ0) is 9.00. The van der Waals surface area contributed by atoms with E-state index in [1.807, 2.05) is 0 Å². The van der Waals surface area contributed by atoms with Gasteiger partial charge in [0.1, 0.15) is 6.29 Å². The van der Waals surface area contributed by atoms with Crippen LogP contribution in [0.15, 0.2) is 0 Å². The highest BCUT2D eigenvalue weighted by Gasteiger charge is 2.57. The largest absolute Gasteiger partial charge is 0.303 e. The summed E-state index contributed by atoms with van der Waals surface area (Å²) in [6, 6.07) is 0. The van der Waals surface area contributed by atoms with Gasteiger partial charge in [0.2, 0.25) is 0 Å². The summed E-state index contributed by atoms with van der Waals surface area (Å²) in [5.41, 5.74) is 0. The van der Waals surface area contributed by atoms with Crippen LogP contribution >= 0.6 is 0 Å². The number of fused-ring (bicyclic) bond motifs is 5. The smallest absolute Gasteiger partial charge is 0.123 e. The van der Waals surface area contributed by atoms with Crippen LogP contribution in [0.5, 0.6) is 0 Å². The van der Waals surface area contributed by atoms with Gasteiger partial charge in [-0.3, -0.25) is 0 Å². The van der Waals surface area contributed by atoms with Gasteiger partial charge in [0.15, 0.2) is 0 Å². The number of carbonyl (C=O) groups is 1. The highest BCUT2D eigenvalue weighted by molar-refractivity contribution is 5.56. The first-order chi connectivity index (χ1) is 6.33. The van der Waals surface area contributed by atoms with E-state index < -0.39 is 0 Å². The normalized spacial score (nSPS) is 58.2. The van der Waals surface area contributed by atoms with Crippen LogP contribution in [0.25, 0.3) is 0 Å². The number of rotatable bonds is 1. The quantitative estimate of drug-likeness (QED) is 0.564. The summed E-state index contributed by atoms with van der Waals surface area (Å²) in [4.78, 5) is 11.0. The summed E-state index contributed by atoms with van der Waals surface area (Å²) in [5.74, 6) is 4.76. The molecule has 0 amide bonds. The van der Waals surface area contributed by atoms with E-state index in [0.717, 1.165) is 23.7 Å². The van der Waals surface area contributed by atoms with Gasteiger partial charge in [0.05, 0.1) is 0 Å². The van der Waals surface area contributed by atoms with Crippen molar-refractivity contribution in [1.29, 1.82) is 0 Å². The Morgan fingerprint density at radius 1 is 1.08 bits per heavy atom. The number of aldehydes is 1. The molecule has 0 saturated heterocycles. The summed E-state index contributed by atoms with van der Waals surface area (Å²) >= 11 is 0. The number of hydrogen-bond donors (Lipinski definition) is 0. The second kappa shape index (κ2) is 2.59. The van der Waals surface area contributed by atoms with Crippen molar-refractivity contribution >= 4 is 6.29 Å². The summed E-state index contributed by atoms with van der Waals surface area (Å²) in [6.07, 6.45) is 6.94. The summed E-state index contributed by atoms with van der Waals surface area (Å²) in [7, 11) is 0. The van der Waals surface area contributed by atoms with E-state index >= 15 is 0 Å². The van der Waals surface area contributed by atoms with Crippen LogP contribution in [0.2, 0.25) is 0 Å². The Morgan fingerprint density at radius 2 is 1.77 bits per heavy atom. The van der Waals surface area contributed by atoms with Crippen molar-refractivity contribution in [1.82, 2.24) is 0 Å². The van der Waals surface area contributed by atoms with Crippen LogP contribution in [0, 0.1) is 35.5 Å². The molecule has 0 aromatic rings. The zero-order valence-corrected chi connectivity index (χ0v) is 8.28. The maximum atomic E-state index is 11.0. The van der Waals surface area contributed by atoms with Crippen molar-refractivity contribution < 1.29 is 4.79 Å². The molecule has 3 rings (SSSR count). The van der Waals surface area contributed by atoms with Crippen molar-refractivity contribution in [2.24, 2.45) is 35.5 Å². The third-order valence-corrected chi connectivity index (χ3v) is 5.20. The Hall–Kier alpha value is -0.330. The van der Waals surface area contributed by atoms with Crippen molar-refractivity contribution in [3.05, 3.63) is 0 Å². The fourth-order valence-corrected chi connectivity index (χ4v) is 4.69. The Kier molecular flexibility index (Phi) is 1.59. The first-order valence-corrected chi connectivity index (χ1v) is 5.78. The van der Waals surface area contributed by atoms with Crippen molar-refractivity contribution in [2.75, 3.05) is 0 Å². The van der Waals surface area contributed by atoms with Gasteiger partial charge in [-0.25, -0.2) is 0 Å². The Bertz CT molecular complexity index is 235. The minimum absolute atomic E-state index is 0.421. The van der Waals surface area contributed by atoms with E-state index in [1.54, 1.807) is 0 Å². The van der Waals surface area contributed by atoms with Gasteiger partial charge in [-0.15, -0.1) is 0 Å². The molecule has 6 unspecified atom stereocenters. The Labute approximate surface area is 79.9 Å². The van der Waals surface area contributed by atoms with Crippen molar-refractivity contribution in [2.45, 2.75) is 32.6 Å². The molecule has 0 aromatic carbocycles. The predicted octanol–water partition coefficient (Wildman–Crippen LogP) is 2.50. The molecule has 0 heterocycles. The summed E-state index contributed by atoms with van der Waals surface area (Å²) in [6.45, 7) is 2.30. The molecule has 3 fully saturated rings. The SMILES string of the molecule is CC1C(C=O)C2CC1C1CCCC21. The van der Waals surface area contributed by atoms with Crippen LogP contribution in [-0.4, -0.2) is 6.29 Å². The summed E-state index contributed by atoms with van der Waals surface area (Å²) < 4.78 is 0. The van der Waals surface area contributed by atoms with Gasteiger partial charge in [-0.2, -0.15) is 0 Å². The average Bonchev–Trinajstić information content (AvgIpc) is 2.71. The van der Waals surface area contributed by atoms with Crippen molar-refractivity contribution in [3.8, 4) is 0 Å². The molecule has 72 valence electrons. The topological polar surface area (TPSA) is 17.1 Å². The van der Waals surface area contributed by atoms with Gasteiger partial charge < -0.3 is 4.79 Å². The Morgan fingerprint density at radius 3 is 2.46 bits per heavy atom. The lowest BCUT2D eigenvalue weighted by Crippen LogP contribution is -2.31. The molecule has 0 aliphatic heterocycles. The molecule has 3 aliphatic carbocycles. The van der Waals surface area contributed by atoms with Crippen LogP contribution in [0.1, 0.15) is 32.6 Å². The van der Waals surface area contributed by atoms with Gasteiger partial charge in [0.25, 0.3) is 0 Å². The van der Waals surface area contributed by atoms with Crippen LogP contribution in [0.4, 0.5) is 0 Å². The van der Waals surface area contributed by atoms with E-state index in [0.29, 0.717) is 11.8 Å². The standard InChI is InChI=1S/C12H18O/c1-7-10-5-11(12(7)6-13)9-4-2-3-8(9)10/h6-12H,2-5H2,1H3. The third-order valence-electron chi connectivity index (χ3n) is 5.20. The molecular formula is C12H18O. The third kappa shape index (κ3) is 0.858. The fraction of sp³-hybridized carbons (Fsp3) is 0.917. The predicted molar refractivity (Wildman–Crippen MR) is 51.1 cm³/mol. The van der Waals surface area contributed by atoms with E-state index in [9.17, 15) is 4.79 Å². The van der Waals surface area contributed by atoms with Crippen molar-refractivity contribution in [3.63, 3.8) is 0 Å². The van der Waals surface area contributed by atoms with Crippen LogP contribution < -0.4 is 0 Å². The molecule has 3 saturated carbocycles. The number of carbonyl (C=O) groups excluding carboxylic acids is 1. The molecule has 1 heteroatoms. The van der Waals surface area contributed by atoms with Gasteiger partial charge in [0, 0.05) is 5.92 Å². The second-order valence-corrected chi connectivity index (χ2v) is 5.39. The van der Waals surface area contributed by atoms with Gasteiger partial charge in [-0.1, -0.05) is 13.3 Å². The highest BCUT2D eigenvalue weighted by atomic mass is 16.1. The van der Waals surface area contributed by atoms with Crippen LogP contribution in [0.3, 0.4) is 0 Å². The first-order valence-electron chi connectivity index (χ1n) is 5.78. The van der Waals surface area contributed by atoms with E-state index in [-0.39, 0.29) is 0 Å². The molecule has 1 nitrogen and oxygen atoms in total. The lowest BCUT2D eigenvalue weighted by molar-refractivity contribution is -0.114. The molecule has 6 atom stereocenters. The van der Waals surface area contributed by atoms with E-state index in [1.165, 1.54) is 32.0 Å². The maximum Gasteiger partial charge on any atom is 0.123 e. The molecular weight excluding hydrogens is 160 g/mol. The van der Waals surface area contributed by atoms with E-state index in [4.69, 9.17) is 0 Å². The molecule has 0 radical (unpaired) electrons. The molecule has 0 spiro atoms. The number of hydrogen-bond acceptors (Lipinski definition) is 1. The van der Waals surface area contributed by atoms with Gasteiger partial charge in [-0.05, 0) is 48.9 Å². The molecule has 2 bridgehead atoms.